The van der Waals surface area contributed by atoms with E-state index in [2.05, 4.69) is 33.0 Å². The number of hydrogen-bond acceptors (Lipinski definition) is 20. The summed E-state index contributed by atoms with van der Waals surface area (Å²) in [5, 5.41) is 10.7. The van der Waals surface area contributed by atoms with Gasteiger partial charge in [0.2, 0.25) is 5.91 Å². The van der Waals surface area contributed by atoms with Crippen molar-refractivity contribution in [1.82, 2.24) is 14.9 Å². The van der Waals surface area contributed by atoms with Crippen LogP contribution in [-0.4, -0.2) is 143 Å². The topological polar surface area (TPSA) is 301 Å². The Morgan fingerprint density at radius 2 is 1.41 bits per heavy atom. The summed E-state index contributed by atoms with van der Waals surface area (Å²) >= 11 is 0. The number of aromatic nitrogens is 2. The lowest BCUT2D eigenvalue weighted by Crippen LogP contribution is -2.73. The summed E-state index contributed by atoms with van der Waals surface area (Å²) < 4.78 is 92.3. The van der Waals surface area contributed by atoms with E-state index in [4.69, 9.17) is 55.7 Å². The number of quaternary nitrogens is 1. The number of carbonyl (C=O) groups excluding carboxylic acids is 3. The summed E-state index contributed by atoms with van der Waals surface area (Å²) in [4.78, 5) is 76.8. The maximum atomic E-state index is 14.1. The van der Waals surface area contributed by atoms with Gasteiger partial charge in [-0.2, -0.15) is 5.26 Å². The lowest BCUT2D eigenvalue weighted by molar-refractivity contribution is -0.929. The van der Waals surface area contributed by atoms with Crippen molar-refractivity contribution in [1.29, 1.82) is 5.26 Å². The second kappa shape index (κ2) is 29.9. The first-order valence-corrected chi connectivity index (χ1v) is 31.2. The van der Waals surface area contributed by atoms with E-state index in [1.54, 1.807) is 6.07 Å². The first kappa shape index (κ1) is 67.1. The Labute approximate surface area is 449 Å². The highest BCUT2D eigenvalue weighted by Gasteiger charge is 2.65. The van der Waals surface area contributed by atoms with Gasteiger partial charge in [0.25, 0.3) is 13.4 Å². The third kappa shape index (κ3) is 18.7. The zero-order chi connectivity index (χ0) is 57.3. The largest absolute Gasteiger partial charge is 0.756 e. The predicted octanol–water partition coefficient (Wildman–Crippen LogP) is 6.56. The Morgan fingerprint density at radius 1 is 0.868 bits per heavy atom. The van der Waals surface area contributed by atoms with E-state index in [9.17, 15) is 38.0 Å². The Hall–Kier alpha value is -3.18. The van der Waals surface area contributed by atoms with Crippen molar-refractivity contribution in [3.05, 3.63) is 33.1 Å². The fourth-order valence-electron chi connectivity index (χ4n) is 9.99. The average Bonchev–Trinajstić information content (AvgIpc) is 3.63. The van der Waals surface area contributed by atoms with E-state index in [0.29, 0.717) is 0 Å². The molecule has 4 heterocycles. The number of methoxy groups -OCH3 is 1. The van der Waals surface area contributed by atoms with Gasteiger partial charge in [-0.25, -0.2) is 13.7 Å². The van der Waals surface area contributed by atoms with Crippen molar-refractivity contribution in [3.8, 4) is 6.07 Å². The van der Waals surface area contributed by atoms with Crippen LogP contribution >= 0.6 is 15.6 Å². The first-order valence-electron chi connectivity index (χ1n) is 26.4. The predicted molar refractivity (Wildman–Crippen MR) is 278 cm³/mol. The normalized spacial score (nSPS) is 26.1. The lowest BCUT2D eigenvalue weighted by Gasteiger charge is -2.58. The van der Waals surface area contributed by atoms with Gasteiger partial charge in [-0.15, -0.1) is 0 Å². The molecule has 1 amide bonds. The van der Waals surface area contributed by atoms with E-state index < -0.39 is 138 Å². The average molecular weight is 1140 g/mol. The van der Waals surface area contributed by atoms with Crippen LogP contribution in [0.4, 0.5) is 0 Å². The molecule has 0 radical (unpaired) electrons. The van der Waals surface area contributed by atoms with Gasteiger partial charge in [-0.3, -0.25) is 46.9 Å². The number of carbonyl (C=O) groups is 3. The number of nitrogens with one attached hydrogen (secondary N) is 2. The first-order chi connectivity index (χ1) is 35.5. The number of rotatable bonds is 27. The Morgan fingerprint density at radius 3 is 1.87 bits per heavy atom. The van der Waals surface area contributed by atoms with Crippen molar-refractivity contribution < 1.29 is 83.3 Å². The fraction of sp³-hybridized carbons (Fsp3) is 0.837. The number of H-pyrrole nitrogens is 1. The standard InChI is InChI=1S/C33H52N4O19P2Si.C16H36N/c1-18(38)35-24-27(46-10)26-22(17-49-59(55-26,32(4,5)6)33(7,8)9)53-30(24)54-57(43,44)56-58(45,47-15-11-13-34)48-16-21-25(50-19(2)39)28(51-20(3)40)29(52-21)37-14-12-23(41)36-31(37)42;1-5-9-13-17(14-10-6-2,15-11-7-3)16-12-8-4/h12,14,21-22,24-30H,11,15-17H2,1-10H3,(H,35,38)(H,43,44)(H,36,41,42);5-16H2,1-4H3/q;+1/p-1/t21-,22-,24-,25-,26-,27-,28-,29-,30-,58?;/m1./s1. The molecule has 11 atom stereocenters. The molecule has 0 aromatic carbocycles. The summed E-state index contributed by atoms with van der Waals surface area (Å²) in [5.74, 6) is -2.45. The van der Waals surface area contributed by atoms with Gasteiger partial charge in [0.1, 0.15) is 30.5 Å². The second-order valence-corrected chi connectivity index (χ2v) is 29.4. The van der Waals surface area contributed by atoms with Crippen LogP contribution < -0.4 is 21.5 Å². The molecule has 0 bridgehead atoms. The minimum atomic E-state index is -5.90. The number of nitriles is 1. The Kier molecular flexibility index (Phi) is 26.4. The molecule has 4 rings (SSSR count). The van der Waals surface area contributed by atoms with Crippen LogP contribution in [0.3, 0.4) is 0 Å². The highest BCUT2D eigenvalue weighted by atomic mass is 31.3. The molecule has 3 aliphatic heterocycles. The molecule has 0 aliphatic carbocycles. The summed E-state index contributed by atoms with van der Waals surface area (Å²) in [6, 6.07) is 1.31. The van der Waals surface area contributed by atoms with Crippen molar-refractivity contribution in [3.63, 3.8) is 0 Å². The molecule has 2 unspecified atom stereocenters. The zero-order valence-corrected chi connectivity index (χ0v) is 49.9. The van der Waals surface area contributed by atoms with Crippen LogP contribution in [0, 0.1) is 11.3 Å². The minimum Gasteiger partial charge on any atom is -0.756 e. The van der Waals surface area contributed by atoms with Crippen LogP contribution in [0.5, 0.6) is 0 Å². The van der Waals surface area contributed by atoms with Gasteiger partial charge in [0.15, 0.2) is 24.7 Å². The number of nitrogens with zero attached hydrogens (tertiary/aromatic N) is 3. The Bertz CT molecular complexity index is 2230. The highest BCUT2D eigenvalue weighted by Crippen LogP contribution is 2.63. The number of amides is 1. The monoisotopic (exact) mass is 1140 g/mol. The molecule has 3 fully saturated rings. The van der Waals surface area contributed by atoms with Gasteiger partial charge in [-0.05, 0) is 25.7 Å². The molecule has 0 saturated carbocycles. The molecule has 27 heteroatoms. The number of phosphoric acid groups is 2. The lowest BCUT2D eigenvalue weighted by atomic mass is 9.96. The number of phosphoric ester groups is 2. The van der Waals surface area contributed by atoms with Crippen molar-refractivity contribution >= 4 is 42.1 Å². The molecule has 0 spiro atoms. The molecule has 76 heavy (non-hydrogen) atoms. The number of ether oxygens (including phenoxy) is 5. The minimum absolute atomic E-state index is 0.0771. The summed E-state index contributed by atoms with van der Waals surface area (Å²) in [6.07, 6.45) is 0.487. The molecule has 1 aromatic heterocycles. The van der Waals surface area contributed by atoms with E-state index in [-0.39, 0.29) is 6.61 Å². The van der Waals surface area contributed by atoms with Crippen LogP contribution in [0.1, 0.15) is 154 Å². The fourth-order valence-corrected chi connectivity index (χ4v) is 17.6. The van der Waals surface area contributed by atoms with Crippen LogP contribution in [0.25, 0.3) is 0 Å². The zero-order valence-electron chi connectivity index (χ0n) is 47.2. The molecule has 24 nitrogen and oxygen atoms in total. The molecule has 436 valence electrons. The van der Waals surface area contributed by atoms with Crippen molar-refractivity contribution in [2.45, 2.75) is 213 Å². The third-order valence-corrected chi connectivity index (χ3v) is 21.4. The molecule has 1 aromatic rings. The third-order valence-electron chi connectivity index (χ3n) is 13.3. The van der Waals surface area contributed by atoms with Gasteiger partial charge in [0, 0.05) is 50.2 Å². The maximum absolute atomic E-state index is 14.1. The molecule has 2 N–H and O–H groups in total. The molecular formula is C49H87N5O19P2Si. The quantitative estimate of drug-likeness (QED) is 0.0310. The number of unbranched alkanes of at least 4 members (excludes halogenated alkanes) is 4. The van der Waals surface area contributed by atoms with Gasteiger partial charge in [0.05, 0.1) is 58.5 Å². The maximum Gasteiger partial charge on any atom is 0.481 e. The van der Waals surface area contributed by atoms with Crippen LogP contribution in [0.2, 0.25) is 10.1 Å². The van der Waals surface area contributed by atoms with E-state index in [1.807, 2.05) is 46.5 Å². The van der Waals surface area contributed by atoms with Gasteiger partial charge >= 0.3 is 34.0 Å². The van der Waals surface area contributed by atoms with Gasteiger partial charge < -0.3 is 47.2 Å². The van der Waals surface area contributed by atoms with Crippen molar-refractivity contribution in [2.24, 2.45) is 0 Å². The van der Waals surface area contributed by atoms with E-state index >= 15 is 0 Å². The number of aromatic amines is 1. The smallest absolute Gasteiger partial charge is 0.481 e. The number of esters is 2. The molecular weight excluding hydrogens is 1050 g/mol. The van der Waals surface area contributed by atoms with E-state index in [1.165, 1.54) is 96.1 Å². The van der Waals surface area contributed by atoms with Crippen LogP contribution in [-0.2, 0) is 73.9 Å². The van der Waals surface area contributed by atoms with Gasteiger partial charge in [-0.1, -0.05) is 94.9 Å². The van der Waals surface area contributed by atoms with Crippen molar-refractivity contribution in [2.75, 3.05) is 53.1 Å². The summed E-state index contributed by atoms with van der Waals surface area (Å²) in [6.45, 7) is 28.3. The molecule has 3 saturated heterocycles. The highest BCUT2D eigenvalue weighted by molar-refractivity contribution is 7.61. The summed E-state index contributed by atoms with van der Waals surface area (Å²) in [5.41, 5.74) is -1.78. The number of hydrogen-bond donors (Lipinski definition) is 2. The second-order valence-electron chi connectivity index (χ2n) is 21.5. The number of fused-ring (bicyclic) bond motifs is 1. The van der Waals surface area contributed by atoms with Crippen LogP contribution in [0.15, 0.2) is 21.9 Å². The Balaban J connectivity index is 0.000000764. The molecule has 3 aliphatic rings. The SMILES string of the molecule is CCCC[N+](CCCC)(CCCC)CCCC.CO[C@@H]1[C@@H](NC(C)=O)[C@@H](OP(=O)([O-])OP(=O)(OCCC#N)OC[C@H]2O[C@@H](n3ccc(=O)[nH]c3=O)[C@H](OC(C)=O)[C@@H]2OC(C)=O)O[C@@H]2CO[Si](C(C)(C)C)(C(C)(C)C)O[C@@H]12. The summed E-state index contributed by atoms with van der Waals surface area (Å²) in [7, 11) is -13.1. The van der Waals surface area contributed by atoms with E-state index in [0.717, 1.165) is 30.7 Å².